The maximum absolute atomic E-state index is 12.7. The smallest absolute Gasteiger partial charge is 0.253 e. The van der Waals surface area contributed by atoms with Crippen LogP contribution >= 0.6 is 22.6 Å². The first-order chi connectivity index (χ1) is 11.6. The van der Waals surface area contributed by atoms with Crippen molar-refractivity contribution in [3.05, 3.63) is 63.2 Å². The molecule has 4 heteroatoms. The van der Waals surface area contributed by atoms with Gasteiger partial charge in [-0.25, -0.2) is 0 Å². The molecule has 3 rings (SSSR count). The summed E-state index contributed by atoms with van der Waals surface area (Å²) < 4.78 is 6.86. The Kier molecular flexibility index (Phi) is 5.76. The molecule has 1 aliphatic rings. The average molecular weight is 435 g/mol. The number of amides is 1. The van der Waals surface area contributed by atoms with Gasteiger partial charge in [0.05, 0.1) is 3.57 Å². The molecule has 1 unspecified atom stereocenters. The van der Waals surface area contributed by atoms with E-state index in [0.717, 1.165) is 40.0 Å². The summed E-state index contributed by atoms with van der Waals surface area (Å²) in [6.45, 7) is 4.48. The second kappa shape index (κ2) is 8.01. The number of ether oxygens (including phenoxy) is 1. The van der Waals surface area contributed by atoms with E-state index < -0.39 is 0 Å². The standard InChI is InChI=1S/C20H22INO2/c1-15-6-5-11-22(13-15)20(23)17-9-10-19(18(21)12-17)24-14-16-7-3-2-4-8-16/h2-4,7-10,12,15H,5-6,11,13-14H2,1H3. The van der Waals surface area contributed by atoms with Gasteiger partial charge in [-0.15, -0.1) is 0 Å². The van der Waals surface area contributed by atoms with E-state index in [2.05, 4.69) is 29.5 Å². The van der Waals surface area contributed by atoms with Gasteiger partial charge in [-0.1, -0.05) is 37.3 Å². The van der Waals surface area contributed by atoms with Crippen molar-refractivity contribution in [1.29, 1.82) is 0 Å². The first kappa shape index (κ1) is 17.3. The Bertz CT molecular complexity index is 702. The number of rotatable bonds is 4. The fraction of sp³-hybridized carbons (Fsp3) is 0.350. The van der Waals surface area contributed by atoms with Gasteiger partial charge < -0.3 is 9.64 Å². The van der Waals surface area contributed by atoms with E-state index >= 15 is 0 Å². The van der Waals surface area contributed by atoms with Crippen LogP contribution in [0.5, 0.6) is 5.75 Å². The van der Waals surface area contributed by atoms with Gasteiger partial charge in [-0.3, -0.25) is 4.79 Å². The van der Waals surface area contributed by atoms with E-state index in [1.807, 2.05) is 53.4 Å². The van der Waals surface area contributed by atoms with Crippen molar-refractivity contribution >= 4 is 28.5 Å². The predicted octanol–water partition coefficient (Wildman–Crippen LogP) is 4.74. The third-order valence-electron chi connectivity index (χ3n) is 4.36. The molecule has 0 bridgehead atoms. The Hall–Kier alpha value is -1.56. The number of benzene rings is 2. The molecule has 0 N–H and O–H groups in total. The van der Waals surface area contributed by atoms with Crippen LogP contribution in [0.15, 0.2) is 48.5 Å². The van der Waals surface area contributed by atoms with Gasteiger partial charge in [0, 0.05) is 18.7 Å². The van der Waals surface area contributed by atoms with Crippen molar-refractivity contribution in [3.63, 3.8) is 0 Å². The molecule has 0 saturated carbocycles. The highest BCUT2D eigenvalue weighted by Crippen LogP contribution is 2.25. The summed E-state index contributed by atoms with van der Waals surface area (Å²) >= 11 is 2.24. The zero-order valence-corrected chi connectivity index (χ0v) is 16.0. The van der Waals surface area contributed by atoms with Gasteiger partial charge in [-0.05, 0) is 65.1 Å². The van der Waals surface area contributed by atoms with E-state index in [1.54, 1.807) is 0 Å². The number of likely N-dealkylation sites (tertiary alicyclic amines) is 1. The first-order valence-corrected chi connectivity index (χ1v) is 9.47. The van der Waals surface area contributed by atoms with Crippen molar-refractivity contribution in [2.24, 2.45) is 5.92 Å². The largest absolute Gasteiger partial charge is 0.488 e. The Labute approximate surface area is 157 Å². The number of carbonyl (C=O) groups excluding carboxylic acids is 1. The molecule has 3 nitrogen and oxygen atoms in total. The van der Waals surface area contributed by atoms with Crippen LogP contribution < -0.4 is 4.74 Å². The van der Waals surface area contributed by atoms with Gasteiger partial charge in [0.1, 0.15) is 12.4 Å². The van der Waals surface area contributed by atoms with Gasteiger partial charge >= 0.3 is 0 Å². The quantitative estimate of drug-likeness (QED) is 0.650. The van der Waals surface area contributed by atoms with Crippen molar-refractivity contribution in [2.45, 2.75) is 26.4 Å². The molecule has 2 aromatic rings. The Morgan fingerprint density at radius 2 is 2.04 bits per heavy atom. The van der Waals surface area contributed by atoms with Crippen molar-refractivity contribution < 1.29 is 9.53 Å². The molecule has 0 radical (unpaired) electrons. The molecule has 0 aliphatic carbocycles. The maximum atomic E-state index is 12.7. The van der Waals surface area contributed by atoms with Crippen LogP contribution in [0.3, 0.4) is 0 Å². The number of piperidine rings is 1. The van der Waals surface area contributed by atoms with Gasteiger partial charge in [0.2, 0.25) is 0 Å². The second-order valence-corrected chi connectivity index (χ2v) is 7.58. The average Bonchev–Trinajstić information content (AvgIpc) is 2.61. The Morgan fingerprint density at radius 3 is 2.75 bits per heavy atom. The lowest BCUT2D eigenvalue weighted by atomic mass is 9.99. The third-order valence-corrected chi connectivity index (χ3v) is 5.20. The van der Waals surface area contributed by atoms with Crippen molar-refractivity contribution in [1.82, 2.24) is 4.90 Å². The van der Waals surface area contributed by atoms with E-state index in [0.29, 0.717) is 12.5 Å². The molecule has 1 aliphatic heterocycles. The number of halogens is 1. The summed E-state index contributed by atoms with van der Waals surface area (Å²) in [5.41, 5.74) is 1.89. The SMILES string of the molecule is CC1CCCN(C(=O)c2ccc(OCc3ccccc3)c(I)c2)C1. The van der Waals surface area contributed by atoms with Gasteiger partial charge in [0.15, 0.2) is 0 Å². The molecule has 1 amide bonds. The normalized spacial score (nSPS) is 17.6. The van der Waals surface area contributed by atoms with Crippen LogP contribution in [0.4, 0.5) is 0 Å². The first-order valence-electron chi connectivity index (χ1n) is 8.39. The van der Waals surface area contributed by atoms with Crippen LogP contribution in [-0.2, 0) is 6.61 Å². The van der Waals surface area contributed by atoms with Crippen LogP contribution in [0.25, 0.3) is 0 Å². The summed E-state index contributed by atoms with van der Waals surface area (Å²) in [5, 5.41) is 0. The highest BCUT2D eigenvalue weighted by atomic mass is 127. The maximum Gasteiger partial charge on any atom is 0.253 e. The highest BCUT2D eigenvalue weighted by molar-refractivity contribution is 14.1. The van der Waals surface area contributed by atoms with Gasteiger partial charge in [-0.2, -0.15) is 0 Å². The highest BCUT2D eigenvalue weighted by Gasteiger charge is 2.22. The van der Waals surface area contributed by atoms with Crippen LogP contribution in [-0.4, -0.2) is 23.9 Å². The van der Waals surface area contributed by atoms with Crippen molar-refractivity contribution in [3.8, 4) is 5.75 Å². The monoisotopic (exact) mass is 435 g/mol. The minimum atomic E-state index is 0.133. The molecule has 1 heterocycles. The van der Waals surface area contributed by atoms with Crippen LogP contribution in [0.1, 0.15) is 35.7 Å². The lowest BCUT2D eigenvalue weighted by molar-refractivity contribution is 0.0683. The number of hydrogen-bond donors (Lipinski definition) is 0. The minimum Gasteiger partial charge on any atom is -0.488 e. The van der Waals surface area contributed by atoms with Gasteiger partial charge in [0.25, 0.3) is 5.91 Å². The van der Waals surface area contributed by atoms with Crippen molar-refractivity contribution in [2.75, 3.05) is 13.1 Å². The van der Waals surface area contributed by atoms with E-state index in [9.17, 15) is 4.79 Å². The molecule has 1 fully saturated rings. The predicted molar refractivity (Wildman–Crippen MR) is 104 cm³/mol. The number of carbonyl (C=O) groups is 1. The summed E-state index contributed by atoms with van der Waals surface area (Å²) in [4.78, 5) is 14.6. The topological polar surface area (TPSA) is 29.5 Å². The lowest BCUT2D eigenvalue weighted by Crippen LogP contribution is -2.39. The zero-order valence-electron chi connectivity index (χ0n) is 13.9. The molecule has 126 valence electrons. The molecule has 2 aromatic carbocycles. The molecular weight excluding hydrogens is 413 g/mol. The Morgan fingerprint density at radius 1 is 1.25 bits per heavy atom. The fourth-order valence-electron chi connectivity index (χ4n) is 3.04. The third kappa shape index (κ3) is 4.29. The van der Waals surface area contributed by atoms with E-state index in [4.69, 9.17) is 4.74 Å². The van der Waals surface area contributed by atoms with E-state index in [-0.39, 0.29) is 5.91 Å². The lowest BCUT2D eigenvalue weighted by Gasteiger charge is -2.31. The van der Waals surface area contributed by atoms with Crippen LogP contribution in [0.2, 0.25) is 0 Å². The fourth-order valence-corrected chi connectivity index (χ4v) is 3.71. The van der Waals surface area contributed by atoms with E-state index in [1.165, 1.54) is 6.42 Å². The summed E-state index contributed by atoms with van der Waals surface area (Å²) in [5.74, 6) is 1.55. The molecular formula is C20H22INO2. The zero-order chi connectivity index (χ0) is 16.9. The second-order valence-electron chi connectivity index (χ2n) is 6.42. The molecule has 1 atom stereocenters. The molecule has 0 aromatic heterocycles. The molecule has 24 heavy (non-hydrogen) atoms. The van der Waals surface area contributed by atoms with Crippen LogP contribution in [0, 0.1) is 9.49 Å². The molecule has 0 spiro atoms. The minimum absolute atomic E-state index is 0.133. The Balaban J connectivity index is 1.66. The summed E-state index contributed by atoms with van der Waals surface area (Å²) in [6.07, 6.45) is 2.32. The molecule has 1 saturated heterocycles. The number of hydrogen-bond acceptors (Lipinski definition) is 2. The summed E-state index contributed by atoms with van der Waals surface area (Å²) in [6, 6.07) is 15.8. The number of nitrogens with zero attached hydrogens (tertiary/aromatic N) is 1. The summed E-state index contributed by atoms with van der Waals surface area (Å²) in [7, 11) is 0.